The number of nitrogens with zero attached hydrogens (tertiary/aromatic N) is 3. The number of sulfonamides is 1. The maximum atomic E-state index is 13.1. The summed E-state index contributed by atoms with van der Waals surface area (Å²) in [7, 11) is -3.52. The fraction of sp³-hybridized carbons (Fsp3) is 0.304. The first-order valence-corrected chi connectivity index (χ1v) is 13.2. The Balaban J connectivity index is 1.31. The van der Waals surface area contributed by atoms with Gasteiger partial charge in [-0.15, -0.1) is 11.3 Å². The SMILES string of the molecule is O=C(CNc1cccc(S(=O)(=O)N2CCCC2)c1)N1N=C(c2cccs2)CC1c1ccco1. The Morgan fingerprint density at radius 1 is 1.15 bits per heavy atom. The van der Waals surface area contributed by atoms with Gasteiger partial charge < -0.3 is 9.73 Å². The van der Waals surface area contributed by atoms with Gasteiger partial charge in [0.15, 0.2) is 0 Å². The molecule has 1 unspecified atom stereocenters. The smallest absolute Gasteiger partial charge is 0.262 e. The minimum absolute atomic E-state index is 0.0222. The average molecular weight is 485 g/mol. The number of anilines is 1. The molecule has 0 spiro atoms. The molecular formula is C23H24N4O4S2. The van der Waals surface area contributed by atoms with Crippen molar-refractivity contribution in [2.24, 2.45) is 5.10 Å². The number of thiophene rings is 1. The van der Waals surface area contributed by atoms with Crippen molar-refractivity contribution in [3.8, 4) is 0 Å². The number of nitrogens with one attached hydrogen (secondary N) is 1. The molecule has 1 fully saturated rings. The molecule has 172 valence electrons. The molecule has 2 aliphatic rings. The Hall–Kier alpha value is -2.95. The van der Waals surface area contributed by atoms with Crippen LogP contribution in [-0.4, -0.2) is 49.0 Å². The highest BCUT2D eigenvalue weighted by Crippen LogP contribution is 2.34. The van der Waals surface area contributed by atoms with E-state index in [0.717, 1.165) is 23.4 Å². The molecule has 1 aromatic carbocycles. The van der Waals surface area contributed by atoms with Crippen molar-refractivity contribution in [1.29, 1.82) is 0 Å². The van der Waals surface area contributed by atoms with E-state index in [-0.39, 0.29) is 23.4 Å². The number of rotatable bonds is 7. The molecule has 1 N–H and O–H groups in total. The minimum atomic E-state index is -3.52. The molecule has 1 amide bonds. The molecule has 2 aliphatic heterocycles. The third-order valence-corrected chi connectivity index (χ3v) is 8.64. The van der Waals surface area contributed by atoms with Crippen molar-refractivity contribution < 1.29 is 17.6 Å². The van der Waals surface area contributed by atoms with Gasteiger partial charge >= 0.3 is 0 Å². The van der Waals surface area contributed by atoms with E-state index in [1.54, 1.807) is 47.9 Å². The second-order valence-corrected chi connectivity index (χ2v) is 10.9. The van der Waals surface area contributed by atoms with Gasteiger partial charge in [0, 0.05) is 25.2 Å². The van der Waals surface area contributed by atoms with Crippen LogP contribution in [0, 0.1) is 0 Å². The number of amides is 1. The summed E-state index contributed by atoms with van der Waals surface area (Å²) >= 11 is 1.58. The first-order valence-electron chi connectivity index (χ1n) is 10.8. The molecule has 0 radical (unpaired) electrons. The second kappa shape index (κ2) is 9.12. The molecule has 33 heavy (non-hydrogen) atoms. The Kier molecular flexibility index (Phi) is 6.05. The molecule has 0 aliphatic carbocycles. The van der Waals surface area contributed by atoms with Crippen molar-refractivity contribution in [2.45, 2.75) is 30.2 Å². The van der Waals surface area contributed by atoms with Gasteiger partial charge in [0.05, 0.1) is 28.3 Å². The zero-order chi connectivity index (χ0) is 22.8. The zero-order valence-corrected chi connectivity index (χ0v) is 19.5. The quantitative estimate of drug-likeness (QED) is 0.549. The fourth-order valence-electron chi connectivity index (χ4n) is 4.14. The number of carbonyl (C=O) groups is 1. The molecule has 1 atom stereocenters. The topological polar surface area (TPSA) is 95.2 Å². The lowest BCUT2D eigenvalue weighted by molar-refractivity contribution is -0.131. The monoisotopic (exact) mass is 484 g/mol. The number of hydrogen-bond acceptors (Lipinski definition) is 7. The van der Waals surface area contributed by atoms with Crippen molar-refractivity contribution in [2.75, 3.05) is 25.0 Å². The minimum Gasteiger partial charge on any atom is -0.467 e. The third-order valence-electron chi connectivity index (χ3n) is 5.82. The lowest BCUT2D eigenvalue weighted by Gasteiger charge is -2.20. The highest BCUT2D eigenvalue weighted by atomic mass is 32.2. The van der Waals surface area contributed by atoms with E-state index >= 15 is 0 Å². The van der Waals surface area contributed by atoms with Crippen LogP contribution < -0.4 is 5.32 Å². The standard InChI is InChI=1S/C23H24N4O4S2/c28-23(16-24-17-6-3-7-18(14-17)33(29,30)26-10-1-2-11-26)27-20(21-8-4-12-31-21)15-19(25-27)22-9-5-13-32-22/h3-9,12-14,20,24H,1-2,10-11,15-16H2. The molecular weight excluding hydrogens is 460 g/mol. The lowest BCUT2D eigenvalue weighted by atomic mass is 10.1. The normalized spacial score (nSPS) is 19.1. The first-order chi connectivity index (χ1) is 16.0. The van der Waals surface area contributed by atoms with E-state index in [2.05, 4.69) is 10.4 Å². The van der Waals surface area contributed by atoms with Crippen molar-refractivity contribution in [1.82, 2.24) is 9.31 Å². The summed E-state index contributed by atoms with van der Waals surface area (Å²) in [5.74, 6) is 0.452. The van der Waals surface area contributed by atoms with Gasteiger partial charge in [-0.3, -0.25) is 4.79 Å². The van der Waals surface area contributed by atoms with Gasteiger partial charge in [-0.25, -0.2) is 13.4 Å². The average Bonchev–Trinajstić information content (AvgIpc) is 3.64. The van der Waals surface area contributed by atoms with Crippen LogP contribution in [0.1, 0.15) is 35.9 Å². The van der Waals surface area contributed by atoms with Crippen molar-refractivity contribution in [3.63, 3.8) is 0 Å². The molecule has 2 aromatic heterocycles. The maximum Gasteiger partial charge on any atom is 0.262 e. The molecule has 3 aromatic rings. The maximum absolute atomic E-state index is 13.1. The van der Waals surface area contributed by atoms with E-state index < -0.39 is 10.0 Å². The predicted molar refractivity (Wildman–Crippen MR) is 127 cm³/mol. The molecule has 4 heterocycles. The van der Waals surface area contributed by atoms with E-state index in [0.29, 0.717) is 31.0 Å². The Bertz CT molecular complexity index is 1250. The van der Waals surface area contributed by atoms with Crippen LogP contribution in [0.3, 0.4) is 0 Å². The second-order valence-electron chi connectivity index (χ2n) is 7.99. The van der Waals surface area contributed by atoms with E-state index in [1.807, 2.05) is 23.6 Å². The Morgan fingerprint density at radius 3 is 2.73 bits per heavy atom. The highest BCUT2D eigenvalue weighted by Gasteiger charge is 2.35. The largest absolute Gasteiger partial charge is 0.467 e. The number of benzene rings is 1. The van der Waals surface area contributed by atoms with Crippen molar-refractivity contribution in [3.05, 3.63) is 70.8 Å². The fourth-order valence-corrected chi connectivity index (χ4v) is 6.42. The van der Waals surface area contributed by atoms with Gasteiger partial charge in [0.2, 0.25) is 10.0 Å². The summed E-state index contributed by atoms with van der Waals surface area (Å²) in [6, 6.07) is 13.9. The van der Waals surface area contributed by atoms with Gasteiger partial charge in [0.25, 0.3) is 5.91 Å². The van der Waals surface area contributed by atoms with Crippen LogP contribution in [0.4, 0.5) is 5.69 Å². The van der Waals surface area contributed by atoms with Gasteiger partial charge in [-0.1, -0.05) is 12.1 Å². The summed E-state index contributed by atoms with van der Waals surface area (Å²) in [6.07, 6.45) is 3.92. The summed E-state index contributed by atoms with van der Waals surface area (Å²) in [4.78, 5) is 14.4. The molecule has 0 bridgehead atoms. The molecule has 8 nitrogen and oxygen atoms in total. The van der Waals surface area contributed by atoms with Crippen LogP contribution in [0.25, 0.3) is 0 Å². The number of hydrogen-bond donors (Lipinski definition) is 1. The van der Waals surface area contributed by atoms with Crippen LogP contribution in [0.2, 0.25) is 0 Å². The van der Waals surface area contributed by atoms with E-state index in [1.165, 1.54) is 9.31 Å². The van der Waals surface area contributed by atoms with E-state index in [9.17, 15) is 13.2 Å². The summed E-state index contributed by atoms with van der Waals surface area (Å²) < 4.78 is 32.8. The van der Waals surface area contributed by atoms with E-state index in [4.69, 9.17) is 4.42 Å². The number of furan rings is 1. The summed E-state index contributed by atoms with van der Waals surface area (Å²) in [5.41, 5.74) is 1.42. The molecule has 1 saturated heterocycles. The third kappa shape index (κ3) is 4.46. The van der Waals surface area contributed by atoms with Crippen LogP contribution in [-0.2, 0) is 14.8 Å². The van der Waals surface area contributed by atoms with Crippen LogP contribution in [0.5, 0.6) is 0 Å². The Morgan fingerprint density at radius 2 is 2.00 bits per heavy atom. The Labute approximate surface area is 196 Å². The highest BCUT2D eigenvalue weighted by molar-refractivity contribution is 7.89. The zero-order valence-electron chi connectivity index (χ0n) is 17.9. The summed E-state index contributed by atoms with van der Waals surface area (Å²) in [6.45, 7) is 1.07. The number of hydrazone groups is 1. The predicted octanol–water partition coefficient (Wildman–Crippen LogP) is 3.92. The molecule has 0 saturated carbocycles. The van der Waals surface area contributed by atoms with Crippen molar-refractivity contribution >= 4 is 38.7 Å². The summed E-state index contributed by atoms with van der Waals surface area (Å²) in [5, 5.41) is 11.1. The molecule has 10 heteroatoms. The van der Waals surface area contributed by atoms with Gasteiger partial charge in [-0.05, 0) is 54.6 Å². The van der Waals surface area contributed by atoms with Gasteiger partial charge in [0.1, 0.15) is 11.8 Å². The molecule has 5 rings (SSSR count). The van der Waals surface area contributed by atoms with Crippen LogP contribution >= 0.6 is 11.3 Å². The van der Waals surface area contributed by atoms with Crippen LogP contribution in [0.15, 0.2) is 74.6 Å². The number of carbonyl (C=O) groups excluding carboxylic acids is 1. The first kappa shape index (κ1) is 21.9. The lowest BCUT2D eigenvalue weighted by Crippen LogP contribution is -2.32. The van der Waals surface area contributed by atoms with Gasteiger partial charge in [-0.2, -0.15) is 9.41 Å².